The molecule has 0 radical (unpaired) electrons. The predicted octanol–water partition coefficient (Wildman–Crippen LogP) is 2.78. The van der Waals surface area contributed by atoms with E-state index in [1.807, 2.05) is 12.1 Å². The molecule has 2 nitrogen and oxygen atoms in total. The van der Waals surface area contributed by atoms with Gasteiger partial charge in [0.1, 0.15) is 0 Å². The third kappa shape index (κ3) is 2.11. The number of ether oxygens (including phenoxy) is 1. The van der Waals surface area contributed by atoms with Gasteiger partial charge in [0.05, 0.1) is 7.11 Å². The second-order valence-electron chi connectivity index (χ2n) is 4.45. The minimum absolute atomic E-state index is 0.510. The third-order valence-electron chi connectivity index (χ3n) is 3.29. The Bertz CT molecular complexity index is 718. The molecule has 0 atom stereocenters. The minimum Gasteiger partial charge on any atom is -0.459 e. The number of hydrogen-bond acceptors (Lipinski definition) is 2. The summed E-state index contributed by atoms with van der Waals surface area (Å²) in [6.45, 7) is 0. The van der Waals surface area contributed by atoms with E-state index in [1.165, 1.54) is 29.4 Å². The highest BCUT2D eigenvalue weighted by molar-refractivity contribution is 5.89. The number of fused-ring (bicyclic) bond motifs is 3. The highest BCUT2D eigenvalue weighted by Crippen LogP contribution is 2.36. The van der Waals surface area contributed by atoms with E-state index in [4.69, 9.17) is 0 Å². The van der Waals surface area contributed by atoms with Gasteiger partial charge in [-0.3, -0.25) is 0 Å². The summed E-state index contributed by atoms with van der Waals surface area (Å²) in [5, 5.41) is 0. The first-order valence-electron chi connectivity index (χ1n) is 6.09. The molecule has 0 aliphatic heterocycles. The molecular weight excluding hydrogens is 236 g/mol. The van der Waals surface area contributed by atoms with E-state index in [9.17, 15) is 4.79 Å². The summed E-state index contributed by atoms with van der Waals surface area (Å²) in [6, 6.07) is 14.5. The molecule has 1 aliphatic carbocycles. The Morgan fingerprint density at radius 2 is 1.89 bits per heavy atom. The van der Waals surface area contributed by atoms with Crippen LogP contribution in [0.15, 0.2) is 42.5 Å². The Kier molecular flexibility index (Phi) is 2.81. The van der Waals surface area contributed by atoms with Crippen LogP contribution >= 0.6 is 0 Å². The van der Waals surface area contributed by atoms with E-state index in [-0.39, 0.29) is 0 Å². The van der Waals surface area contributed by atoms with Gasteiger partial charge in [0.15, 0.2) is 0 Å². The number of methoxy groups -OCH3 is 1. The summed E-state index contributed by atoms with van der Waals surface area (Å²) >= 11 is 0. The van der Waals surface area contributed by atoms with E-state index < -0.39 is 5.97 Å². The van der Waals surface area contributed by atoms with E-state index in [0.717, 1.165) is 12.0 Å². The molecule has 0 N–H and O–H groups in total. The van der Waals surface area contributed by atoms with E-state index in [1.54, 1.807) is 0 Å². The second kappa shape index (κ2) is 4.62. The molecule has 0 unspecified atom stereocenters. The fraction of sp³-hybridized carbons (Fsp3) is 0.118. The lowest BCUT2D eigenvalue weighted by Gasteiger charge is -2.00. The van der Waals surface area contributed by atoms with Crippen molar-refractivity contribution < 1.29 is 9.53 Å². The van der Waals surface area contributed by atoms with Gasteiger partial charge >= 0.3 is 5.97 Å². The standard InChI is InChI=1S/C17H12O2/c1-19-17(18)9-7-12-6-8-16-14(10-12)11-13-4-2-3-5-15(13)16/h2-6,8,10H,11H2,1H3. The SMILES string of the molecule is COC(=O)C#Cc1ccc2c(c1)Cc1ccccc1-2. The van der Waals surface area contributed by atoms with Crippen molar-refractivity contribution in [1.29, 1.82) is 0 Å². The Balaban J connectivity index is 1.97. The Morgan fingerprint density at radius 3 is 2.74 bits per heavy atom. The van der Waals surface area contributed by atoms with Crippen LogP contribution in [0.3, 0.4) is 0 Å². The lowest BCUT2D eigenvalue weighted by atomic mass is 10.0. The first-order chi connectivity index (χ1) is 9.28. The van der Waals surface area contributed by atoms with Crippen LogP contribution in [0.1, 0.15) is 16.7 Å². The van der Waals surface area contributed by atoms with Crippen molar-refractivity contribution in [1.82, 2.24) is 0 Å². The molecule has 0 spiro atoms. The Labute approximate surface area is 112 Å². The molecule has 2 aromatic rings. The molecule has 0 saturated heterocycles. The molecule has 0 aromatic heterocycles. The Morgan fingerprint density at radius 1 is 1.11 bits per heavy atom. The summed E-state index contributed by atoms with van der Waals surface area (Å²) in [7, 11) is 1.33. The first-order valence-corrected chi connectivity index (χ1v) is 6.09. The quantitative estimate of drug-likeness (QED) is 0.451. The number of carbonyl (C=O) groups is 1. The maximum absolute atomic E-state index is 11.0. The maximum Gasteiger partial charge on any atom is 0.384 e. The van der Waals surface area contributed by atoms with Crippen molar-refractivity contribution in [2.24, 2.45) is 0 Å². The average Bonchev–Trinajstić information content (AvgIpc) is 2.82. The van der Waals surface area contributed by atoms with E-state index >= 15 is 0 Å². The van der Waals surface area contributed by atoms with Crippen molar-refractivity contribution in [3.05, 3.63) is 59.2 Å². The van der Waals surface area contributed by atoms with E-state index in [0.29, 0.717) is 0 Å². The minimum atomic E-state index is -0.510. The van der Waals surface area contributed by atoms with Crippen LogP contribution in [0.2, 0.25) is 0 Å². The molecule has 3 rings (SSSR count). The zero-order valence-corrected chi connectivity index (χ0v) is 10.6. The zero-order chi connectivity index (χ0) is 13.2. The summed E-state index contributed by atoms with van der Waals surface area (Å²) in [5.74, 6) is 4.77. The predicted molar refractivity (Wildman–Crippen MR) is 73.6 cm³/mol. The molecule has 0 fully saturated rings. The van der Waals surface area contributed by atoms with Crippen LogP contribution < -0.4 is 0 Å². The van der Waals surface area contributed by atoms with Gasteiger partial charge in [0, 0.05) is 11.5 Å². The lowest BCUT2D eigenvalue weighted by molar-refractivity contribution is -0.133. The van der Waals surface area contributed by atoms with Crippen molar-refractivity contribution in [2.45, 2.75) is 6.42 Å². The van der Waals surface area contributed by atoms with Crippen LogP contribution in [0.4, 0.5) is 0 Å². The molecule has 0 amide bonds. The zero-order valence-electron chi connectivity index (χ0n) is 10.6. The van der Waals surface area contributed by atoms with Crippen LogP contribution in [0.5, 0.6) is 0 Å². The van der Waals surface area contributed by atoms with Crippen molar-refractivity contribution in [3.63, 3.8) is 0 Å². The molecule has 2 aromatic carbocycles. The molecule has 1 aliphatic rings. The molecule has 0 saturated carbocycles. The molecule has 2 heteroatoms. The molecule has 92 valence electrons. The van der Waals surface area contributed by atoms with Crippen LogP contribution in [-0.2, 0) is 16.0 Å². The van der Waals surface area contributed by atoms with Crippen molar-refractivity contribution in [3.8, 4) is 23.0 Å². The third-order valence-corrected chi connectivity index (χ3v) is 3.29. The van der Waals surface area contributed by atoms with Gasteiger partial charge < -0.3 is 4.74 Å². The highest BCUT2D eigenvalue weighted by atomic mass is 16.5. The number of benzene rings is 2. The topological polar surface area (TPSA) is 26.3 Å². The molecule has 0 bridgehead atoms. The maximum atomic E-state index is 11.0. The summed E-state index contributed by atoms with van der Waals surface area (Å²) < 4.78 is 4.50. The fourth-order valence-electron chi connectivity index (χ4n) is 2.40. The number of hydrogen-bond donors (Lipinski definition) is 0. The summed E-state index contributed by atoms with van der Waals surface area (Å²) in [5.41, 5.74) is 6.01. The molecule has 19 heavy (non-hydrogen) atoms. The van der Waals surface area contributed by atoms with Gasteiger partial charge in [-0.05, 0) is 40.8 Å². The Hall–Kier alpha value is -2.53. The number of carbonyl (C=O) groups excluding carboxylic acids is 1. The summed E-state index contributed by atoms with van der Waals surface area (Å²) in [4.78, 5) is 11.0. The van der Waals surface area contributed by atoms with Crippen molar-refractivity contribution in [2.75, 3.05) is 7.11 Å². The average molecular weight is 248 g/mol. The normalized spacial score (nSPS) is 11.0. The van der Waals surface area contributed by atoms with Crippen LogP contribution in [0, 0.1) is 11.8 Å². The summed E-state index contributed by atoms with van der Waals surface area (Å²) in [6.07, 6.45) is 0.930. The van der Waals surface area contributed by atoms with E-state index in [2.05, 4.69) is 46.9 Å². The second-order valence-corrected chi connectivity index (χ2v) is 4.45. The highest BCUT2D eigenvalue weighted by Gasteiger charge is 2.17. The van der Waals surface area contributed by atoms with Gasteiger partial charge in [-0.2, -0.15) is 0 Å². The number of rotatable bonds is 0. The van der Waals surface area contributed by atoms with Gasteiger partial charge in [-0.1, -0.05) is 36.3 Å². The molecular formula is C17H12O2. The monoisotopic (exact) mass is 248 g/mol. The van der Waals surface area contributed by atoms with Gasteiger partial charge in [0.25, 0.3) is 0 Å². The van der Waals surface area contributed by atoms with Gasteiger partial charge in [0.2, 0.25) is 0 Å². The van der Waals surface area contributed by atoms with Crippen LogP contribution in [0.25, 0.3) is 11.1 Å². The largest absolute Gasteiger partial charge is 0.459 e. The van der Waals surface area contributed by atoms with Gasteiger partial charge in [-0.15, -0.1) is 0 Å². The fourth-order valence-corrected chi connectivity index (χ4v) is 2.40. The van der Waals surface area contributed by atoms with Crippen LogP contribution in [-0.4, -0.2) is 13.1 Å². The lowest BCUT2D eigenvalue weighted by Crippen LogP contribution is -1.94. The first kappa shape index (κ1) is 11.6. The molecule has 0 heterocycles. The van der Waals surface area contributed by atoms with Crippen molar-refractivity contribution >= 4 is 5.97 Å². The number of esters is 1. The smallest absolute Gasteiger partial charge is 0.384 e. The van der Waals surface area contributed by atoms with Gasteiger partial charge in [-0.25, -0.2) is 4.79 Å².